The summed E-state index contributed by atoms with van der Waals surface area (Å²) >= 11 is 4.80. The lowest BCUT2D eigenvalue weighted by Gasteiger charge is -1.98. The summed E-state index contributed by atoms with van der Waals surface area (Å²) in [5.74, 6) is -0.209. The topological polar surface area (TPSA) is 59.8 Å². The number of nitrogens with zero attached hydrogens (tertiary/aromatic N) is 3. The third-order valence-electron chi connectivity index (χ3n) is 2.83. The highest BCUT2D eigenvalue weighted by molar-refractivity contribution is 9.10. The van der Waals surface area contributed by atoms with Gasteiger partial charge in [-0.3, -0.25) is 14.8 Å². The van der Waals surface area contributed by atoms with Crippen LogP contribution in [0.3, 0.4) is 0 Å². The fourth-order valence-corrected chi connectivity index (χ4v) is 2.77. The number of amides is 1. The Kier molecular flexibility index (Phi) is 3.85. The van der Waals surface area contributed by atoms with Gasteiger partial charge in [0, 0.05) is 28.7 Å². The van der Waals surface area contributed by atoms with E-state index >= 15 is 0 Å². The van der Waals surface area contributed by atoms with Gasteiger partial charge in [-0.2, -0.15) is 5.10 Å². The lowest BCUT2D eigenvalue weighted by molar-refractivity contribution is 0.102. The molecule has 0 aliphatic rings. The standard InChI is InChI=1S/C14H11BrN4OS/c1-19-7-10(6-16-19)13(20)18-14-17-12(8-21-14)9-2-4-11(15)5-3-9/h2-8H,1H3,(H,17,18,20). The van der Waals surface area contributed by atoms with Crippen LogP contribution in [0.4, 0.5) is 5.13 Å². The molecule has 0 saturated carbocycles. The van der Waals surface area contributed by atoms with Crippen molar-refractivity contribution in [1.82, 2.24) is 14.8 Å². The lowest BCUT2D eigenvalue weighted by Crippen LogP contribution is -2.10. The van der Waals surface area contributed by atoms with Gasteiger partial charge in [-0.05, 0) is 12.1 Å². The van der Waals surface area contributed by atoms with E-state index in [1.807, 2.05) is 29.6 Å². The van der Waals surface area contributed by atoms with Gasteiger partial charge in [-0.1, -0.05) is 28.1 Å². The number of hydrogen-bond acceptors (Lipinski definition) is 4. The summed E-state index contributed by atoms with van der Waals surface area (Å²) in [5, 5.41) is 9.24. The Balaban J connectivity index is 1.76. The molecule has 21 heavy (non-hydrogen) atoms. The van der Waals surface area contributed by atoms with Crippen LogP contribution in [0.1, 0.15) is 10.4 Å². The molecule has 3 aromatic rings. The molecule has 0 bridgehead atoms. The predicted molar refractivity (Wildman–Crippen MR) is 86.4 cm³/mol. The minimum atomic E-state index is -0.209. The molecule has 7 heteroatoms. The van der Waals surface area contributed by atoms with Crippen molar-refractivity contribution < 1.29 is 4.79 Å². The van der Waals surface area contributed by atoms with E-state index in [1.54, 1.807) is 17.9 Å². The fraction of sp³-hybridized carbons (Fsp3) is 0.0714. The summed E-state index contributed by atoms with van der Waals surface area (Å²) in [7, 11) is 1.77. The van der Waals surface area contributed by atoms with E-state index in [1.165, 1.54) is 17.5 Å². The van der Waals surface area contributed by atoms with E-state index in [0.29, 0.717) is 10.7 Å². The maximum absolute atomic E-state index is 12.0. The van der Waals surface area contributed by atoms with Gasteiger partial charge in [0.05, 0.1) is 17.5 Å². The van der Waals surface area contributed by atoms with Gasteiger partial charge in [0.15, 0.2) is 5.13 Å². The van der Waals surface area contributed by atoms with E-state index in [-0.39, 0.29) is 5.91 Å². The Morgan fingerprint density at radius 3 is 2.76 bits per heavy atom. The van der Waals surface area contributed by atoms with Gasteiger partial charge >= 0.3 is 0 Å². The highest BCUT2D eigenvalue weighted by atomic mass is 79.9. The van der Waals surface area contributed by atoms with Crippen LogP contribution in [-0.4, -0.2) is 20.7 Å². The zero-order valence-corrected chi connectivity index (χ0v) is 13.5. The Labute approximate surface area is 133 Å². The quantitative estimate of drug-likeness (QED) is 0.774. The van der Waals surface area contributed by atoms with Crippen LogP contribution in [0.15, 0.2) is 46.5 Å². The van der Waals surface area contributed by atoms with Crippen LogP contribution in [0, 0.1) is 0 Å². The lowest BCUT2D eigenvalue weighted by atomic mass is 10.2. The number of carbonyl (C=O) groups excluding carboxylic acids is 1. The van der Waals surface area contributed by atoms with Crippen molar-refractivity contribution in [2.75, 3.05) is 5.32 Å². The molecule has 3 rings (SSSR count). The normalized spacial score (nSPS) is 10.6. The van der Waals surface area contributed by atoms with Gasteiger partial charge < -0.3 is 0 Å². The van der Waals surface area contributed by atoms with Gasteiger partial charge in [-0.25, -0.2) is 4.98 Å². The number of nitrogens with one attached hydrogen (secondary N) is 1. The van der Waals surface area contributed by atoms with Crippen LogP contribution in [-0.2, 0) is 7.05 Å². The minimum absolute atomic E-state index is 0.209. The van der Waals surface area contributed by atoms with Crippen molar-refractivity contribution in [3.05, 3.63) is 52.1 Å². The Hall–Kier alpha value is -1.99. The van der Waals surface area contributed by atoms with E-state index in [2.05, 4.69) is 31.3 Å². The molecule has 1 amide bonds. The SMILES string of the molecule is Cn1cc(C(=O)Nc2nc(-c3ccc(Br)cc3)cs2)cn1. The number of carbonyl (C=O) groups is 1. The summed E-state index contributed by atoms with van der Waals surface area (Å²) in [6, 6.07) is 7.88. The molecular weight excluding hydrogens is 352 g/mol. The number of aryl methyl sites for hydroxylation is 1. The molecule has 0 atom stereocenters. The second kappa shape index (κ2) is 5.79. The first-order valence-electron chi connectivity index (χ1n) is 6.13. The predicted octanol–water partition coefficient (Wildman–Crippen LogP) is 3.56. The van der Waals surface area contributed by atoms with Gasteiger partial charge in [0.25, 0.3) is 5.91 Å². The number of hydrogen-bond donors (Lipinski definition) is 1. The van der Waals surface area contributed by atoms with Crippen LogP contribution in [0.25, 0.3) is 11.3 Å². The molecule has 5 nitrogen and oxygen atoms in total. The van der Waals surface area contributed by atoms with E-state index in [4.69, 9.17) is 0 Å². The van der Waals surface area contributed by atoms with Crippen molar-refractivity contribution in [1.29, 1.82) is 0 Å². The zero-order valence-electron chi connectivity index (χ0n) is 11.1. The third-order valence-corrected chi connectivity index (χ3v) is 4.12. The third kappa shape index (κ3) is 3.20. The molecule has 0 saturated heterocycles. The van der Waals surface area contributed by atoms with E-state index in [0.717, 1.165) is 15.7 Å². The number of rotatable bonds is 3. The second-order valence-electron chi connectivity index (χ2n) is 4.40. The Bertz CT molecular complexity index is 778. The second-order valence-corrected chi connectivity index (χ2v) is 6.18. The maximum Gasteiger partial charge on any atom is 0.260 e. The minimum Gasteiger partial charge on any atom is -0.298 e. The van der Waals surface area contributed by atoms with Crippen molar-refractivity contribution in [3.8, 4) is 11.3 Å². The molecule has 0 spiro atoms. The number of anilines is 1. The molecule has 106 valence electrons. The van der Waals surface area contributed by atoms with Crippen molar-refractivity contribution in [2.45, 2.75) is 0 Å². The van der Waals surface area contributed by atoms with Crippen LogP contribution >= 0.6 is 27.3 Å². The smallest absolute Gasteiger partial charge is 0.260 e. The molecular formula is C14H11BrN4OS. The molecule has 2 aromatic heterocycles. The maximum atomic E-state index is 12.0. The molecule has 2 heterocycles. The zero-order chi connectivity index (χ0) is 14.8. The summed E-state index contributed by atoms with van der Waals surface area (Å²) < 4.78 is 2.61. The summed E-state index contributed by atoms with van der Waals surface area (Å²) in [4.78, 5) is 16.4. The number of aromatic nitrogens is 3. The first-order valence-corrected chi connectivity index (χ1v) is 7.80. The van der Waals surface area contributed by atoms with Crippen LogP contribution < -0.4 is 5.32 Å². The van der Waals surface area contributed by atoms with Gasteiger partial charge in [0.1, 0.15) is 0 Å². The van der Waals surface area contributed by atoms with Crippen LogP contribution in [0.2, 0.25) is 0 Å². The monoisotopic (exact) mass is 362 g/mol. The van der Waals surface area contributed by atoms with Crippen LogP contribution in [0.5, 0.6) is 0 Å². The molecule has 0 fully saturated rings. The Morgan fingerprint density at radius 2 is 2.10 bits per heavy atom. The molecule has 0 aliphatic carbocycles. The number of benzene rings is 1. The van der Waals surface area contributed by atoms with Crippen molar-refractivity contribution in [3.63, 3.8) is 0 Å². The van der Waals surface area contributed by atoms with Gasteiger partial charge in [0.2, 0.25) is 0 Å². The molecule has 1 N–H and O–H groups in total. The molecule has 0 unspecified atom stereocenters. The number of halogens is 1. The highest BCUT2D eigenvalue weighted by Gasteiger charge is 2.11. The average Bonchev–Trinajstić information content (AvgIpc) is 3.09. The molecule has 0 aliphatic heterocycles. The number of thiazole rings is 1. The summed E-state index contributed by atoms with van der Waals surface area (Å²) in [6.45, 7) is 0. The first-order chi connectivity index (χ1) is 10.1. The first kappa shape index (κ1) is 14.0. The van der Waals surface area contributed by atoms with Crippen molar-refractivity contribution in [2.24, 2.45) is 7.05 Å². The van der Waals surface area contributed by atoms with E-state index < -0.39 is 0 Å². The van der Waals surface area contributed by atoms with Gasteiger partial charge in [-0.15, -0.1) is 11.3 Å². The van der Waals surface area contributed by atoms with E-state index in [9.17, 15) is 4.79 Å². The fourth-order valence-electron chi connectivity index (χ4n) is 1.79. The molecule has 0 radical (unpaired) electrons. The average molecular weight is 363 g/mol. The highest BCUT2D eigenvalue weighted by Crippen LogP contribution is 2.26. The summed E-state index contributed by atoms with van der Waals surface area (Å²) in [5.41, 5.74) is 2.36. The Morgan fingerprint density at radius 1 is 1.33 bits per heavy atom. The summed E-state index contributed by atoms with van der Waals surface area (Å²) in [6.07, 6.45) is 3.19. The molecule has 1 aromatic carbocycles. The van der Waals surface area contributed by atoms with Crippen molar-refractivity contribution >= 4 is 38.3 Å². The largest absolute Gasteiger partial charge is 0.298 e.